The van der Waals surface area contributed by atoms with E-state index in [9.17, 15) is 4.79 Å². The second-order valence-corrected chi connectivity index (χ2v) is 6.40. The van der Waals surface area contributed by atoms with Crippen molar-refractivity contribution < 1.29 is 14.3 Å². The van der Waals surface area contributed by atoms with Gasteiger partial charge < -0.3 is 19.7 Å². The summed E-state index contributed by atoms with van der Waals surface area (Å²) in [6.45, 7) is 12.7. The predicted molar refractivity (Wildman–Crippen MR) is 79.9 cm³/mol. The number of amides is 1. The van der Waals surface area contributed by atoms with Gasteiger partial charge in [-0.15, -0.1) is 0 Å². The molecule has 0 radical (unpaired) electrons. The van der Waals surface area contributed by atoms with E-state index in [0.29, 0.717) is 12.5 Å². The minimum atomic E-state index is -0.433. The normalized spacial score (nSPS) is 19.1. The third-order valence-corrected chi connectivity index (χ3v) is 3.16. The van der Waals surface area contributed by atoms with Gasteiger partial charge in [-0.25, -0.2) is 4.79 Å². The van der Waals surface area contributed by atoms with Crippen molar-refractivity contribution in [3.8, 4) is 0 Å². The van der Waals surface area contributed by atoms with Crippen molar-refractivity contribution in [1.29, 1.82) is 0 Å². The Bertz CT molecular complexity index is 283. The van der Waals surface area contributed by atoms with E-state index in [0.717, 1.165) is 45.7 Å². The molecule has 1 heterocycles. The first kappa shape index (κ1) is 17.2. The van der Waals surface area contributed by atoms with E-state index in [1.807, 2.05) is 20.8 Å². The van der Waals surface area contributed by atoms with Crippen LogP contribution in [-0.4, -0.2) is 56.0 Å². The maximum atomic E-state index is 12.1. The van der Waals surface area contributed by atoms with Gasteiger partial charge in [-0.2, -0.15) is 0 Å². The molecule has 0 aromatic rings. The summed E-state index contributed by atoms with van der Waals surface area (Å²) in [6, 6.07) is 0. The fraction of sp³-hybridized carbons (Fsp3) is 0.933. The highest BCUT2D eigenvalue weighted by molar-refractivity contribution is 5.68. The molecule has 1 N–H and O–H groups in total. The second kappa shape index (κ2) is 8.47. The summed E-state index contributed by atoms with van der Waals surface area (Å²) in [4.78, 5) is 13.8. The second-order valence-electron chi connectivity index (χ2n) is 6.40. The highest BCUT2D eigenvalue weighted by Crippen LogP contribution is 2.11. The summed E-state index contributed by atoms with van der Waals surface area (Å²) in [5.74, 6) is 0.621. The van der Waals surface area contributed by atoms with Gasteiger partial charge in [0.25, 0.3) is 0 Å². The van der Waals surface area contributed by atoms with E-state index in [1.165, 1.54) is 0 Å². The molecule has 5 heteroatoms. The van der Waals surface area contributed by atoms with Crippen LogP contribution in [0.15, 0.2) is 0 Å². The topological polar surface area (TPSA) is 50.8 Å². The Morgan fingerprint density at radius 2 is 2.15 bits per heavy atom. The third kappa shape index (κ3) is 7.10. The number of hydrogen-bond acceptors (Lipinski definition) is 4. The zero-order chi connectivity index (χ0) is 15.0. The molecule has 1 aliphatic heterocycles. The highest BCUT2D eigenvalue weighted by atomic mass is 16.6. The number of carbonyl (C=O) groups is 1. The van der Waals surface area contributed by atoms with Crippen LogP contribution in [0.5, 0.6) is 0 Å². The Labute approximate surface area is 123 Å². The first-order valence-electron chi connectivity index (χ1n) is 7.68. The minimum Gasteiger partial charge on any atom is -0.444 e. The predicted octanol–water partition coefficient (Wildman–Crippen LogP) is 2.26. The van der Waals surface area contributed by atoms with Gasteiger partial charge in [0.2, 0.25) is 0 Å². The van der Waals surface area contributed by atoms with Gasteiger partial charge in [-0.3, -0.25) is 0 Å². The number of nitrogens with zero attached hydrogens (tertiary/aromatic N) is 1. The van der Waals surface area contributed by atoms with Crippen molar-refractivity contribution in [2.45, 2.75) is 46.1 Å². The maximum absolute atomic E-state index is 12.1. The van der Waals surface area contributed by atoms with E-state index in [1.54, 1.807) is 4.90 Å². The Morgan fingerprint density at radius 1 is 1.40 bits per heavy atom. The smallest absolute Gasteiger partial charge is 0.410 e. The molecule has 1 unspecified atom stereocenters. The first-order chi connectivity index (χ1) is 9.42. The largest absolute Gasteiger partial charge is 0.444 e. The summed E-state index contributed by atoms with van der Waals surface area (Å²) in [5.41, 5.74) is -0.433. The number of carbonyl (C=O) groups excluding carboxylic acids is 1. The molecule has 1 amide bonds. The molecule has 0 spiro atoms. The van der Waals surface area contributed by atoms with Crippen LogP contribution in [0.4, 0.5) is 4.79 Å². The van der Waals surface area contributed by atoms with E-state index < -0.39 is 5.60 Å². The zero-order valence-electron chi connectivity index (χ0n) is 13.4. The number of rotatable bonds is 7. The highest BCUT2D eigenvalue weighted by Gasteiger charge is 2.21. The van der Waals surface area contributed by atoms with E-state index in [-0.39, 0.29) is 6.09 Å². The van der Waals surface area contributed by atoms with Gasteiger partial charge in [0.1, 0.15) is 5.60 Å². The van der Waals surface area contributed by atoms with Gasteiger partial charge in [0, 0.05) is 32.8 Å². The molecule has 20 heavy (non-hydrogen) atoms. The van der Waals surface area contributed by atoms with Crippen molar-refractivity contribution in [1.82, 2.24) is 10.2 Å². The fourth-order valence-electron chi connectivity index (χ4n) is 2.16. The van der Waals surface area contributed by atoms with Crippen LogP contribution in [0, 0.1) is 5.92 Å². The van der Waals surface area contributed by atoms with E-state index in [4.69, 9.17) is 9.47 Å². The molecular weight excluding hydrogens is 256 g/mol. The number of ether oxygens (including phenoxy) is 2. The molecular formula is C15H30N2O3. The summed E-state index contributed by atoms with van der Waals surface area (Å²) < 4.78 is 10.8. The molecule has 0 saturated carbocycles. The zero-order valence-corrected chi connectivity index (χ0v) is 13.4. The summed E-state index contributed by atoms with van der Waals surface area (Å²) in [6.07, 6.45) is 1.86. The Kier molecular flexibility index (Phi) is 7.30. The molecule has 0 aliphatic carbocycles. The van der Waals surface area contributed by atoms with E-state index in [2.05, 4.69) is 12.2 Å². The lowest BCUT2D eigenvalue weighted by Gasteiger charge is -2.27. The van der Waals surface area contributed by atoms with Crippen molar-refractivity contribution in [2.24, 2.45) is 5.92 Å². The van der Waals surface area contributed by atoms with Gasteiger partial charge in [0.15, 0.2) is 0 Å². The summed E-state index contributed by atoms with van der Waals surface area (Å²) in [7, 11) is 0. The van der Waals surface area contributed by atoms with Gasteiger partial charge in [-0.05, 0) is 39.5 Å². The Balaban J connectivity index is 2.25. The van der Waals surface area contributed by atoms with Gasteiger partial charge >= 0.3 is 6.09 Å². The van der Waals surface area contributed by atoms with Crippen LogP contribution in [0.1, 0.15) is 40.5 Å². The van der Waals surface area contributed by atoms with Crippen molar-refractivity contribution in [2.75, 3.05) is 39.4 Å². The van der Waals surface area contributed by atoms with Crippen molar-refractivity contribution in [3.05, 3.63) is 0 Å². The SMILES string of the molecule is CCCN(CCNCC1CCOC1)C(=O)OC(C)(C)C. The third-order valence-electron chi connectivity index (χ3n) is 3.16. The monoisotopic (exact) mass is 286 g/mol. The maximum Gasteiger partial charge on any atom is 0.410 e. The molecule has 1 aliphatic rings. The standard InChI is InChI=1S/C15H30N2O3/c1-5-8-17(14(18)20-15(2,3)4)9-7-16-11-13-6-10-19-12-13/h13,16H,5-12H2,1-4H3. The molecule has 1 atom stereocenters. The molecule has 1 saturated heterocycles. The van der Waals surface area contributed by atoms with Crippen LogP contribution in [0.25, 0.3) is 0 Å². The van der Waals surface area contributed by atoms with Crippen LogP contribution >= 0.6 is 0 Å². The van der Waals surface area contributed by atoms with Crippen molar-refractivity contribution >= 4 is 6.09 Å². The summed E-state index contributed by atoms with van der Waals surface area (Å²) >= 11 is 0. The molecule has 0 aromatic heterocycles. The Hall–Kier alpha value is -0.810. The van der Waals surface area contributed by atoms with Gasteiger partial charge in [0.05, 0.1) is 6.61 Å². The number of hydrogen-bond donors (Lipinski definition) is 1. The van der Waals surface area contributed by atoms with Crippen molar-refractivity contribution in [3.63, 3.8) is 0 Å². The molecule has 0 aromatic carbocycles. The molecule has 0 bridgehead atoms. The Morgan fingerprint density at radius 3 is 2.70 bits per heavy atom. The molecule has 1 fully saturated rings. The van der Waals surface area contributed by atoms with Crippen LogP contribution in [-0.2, 0) is 9.47 Å². The lowest BCUT2D eigenvalue weighted by molar-refractivity contribution is 0.0251. The van der Waals surface area contributed by atoms with Crippen LogP contribution < -0.4 is 5.32 Å². The van der Waals surface area contributed by atoms with E-state index >= 15 is 0 Å². The van der Waals surface area contributed by atoms with Crippen LogP contribution in [0.3, 0.4) is 0 Å². The van der Waals surface area contributed by atoms with Crippen LogP contribution in [0.2, 0.25) is 0 Å². The fourth-order valence-corrected chi connectivity index (χ4v) is 2.16. The minimum absolute atomic E-state index is 0.217. The molecule has 118 valence electrons. The summed E-state index contributed by atoms with van der Waals surface area (Å²) in [5, 5.41) is 3.40. The average molecular weight is 286 g/mol. The lowest BCUT2D eigenvalue weighted by atomic mass is 10.1. The average Bonchev–Trinajstić information content (AvgIpc) is 2.83. The molecule has 5 nitrogen and oxygen atoms in total. The first-order valence-corrected chi connectivity index (χ1v) is 7.68. The van der Waals surface area contributed by atoms with Gasteiger partial charge in [-0.1, -0.05) is 6.92 Å². The lowest BCUT2D eigenvalue weighted by Crippen LogP contribution is -2.41. The quantitative estimate of drug-likeness (QED) is 0.729. The molecule has 1 rings (SSSR count). The number of nitrogens with one attached hydrogen (secondary N) is 1.